The molecule has 0 unspecified atom stereocenters. The molecule has 156 valence electrons. The molecule has 0 atom stereocenters. The third-order valence-electron chi connectivity index (χ3n) is 5.32. The lowest BCUT2D eigenvalue weighted by Crippen LogP contribution is -2.48. The maximum absolute atomic E-state index is 13.2. The van der Waals surface area contributed by atoms with E-state index >= 15 is 0 Å². The first kappa shape index (κ1) is 20.5. The summed E-state index contributed by atoms with van der Waals surface area (Å²) in [5.74, 6) is -0.196. The van der Waals surface area contributed by atoms with Gasteiger partial charge in [0.05, 0.1) is 5.69 Å². The molecule has 3 aromatic rings. The van der Waals surface area contributed by atoms with Crippen LogP contribution in [0.2, 0.25) is 0 Å². The second kappa shape index (κ2) is 8.92. The van der Waals surface area contributed by atoms with Gasteiger partial charge in [0.15, 0.2) is 0 Å². The van der Waals surface area contributed by atoms with Crippen LogP contribution in [0.15, 0.2) is 42.6 Å². The summed E-state index contributed by atoms with van der Waals surface area (Å²) in [6.45, 7) is 6.77. The number of aryl methyl sites for hydroxylation is 2. The SMILES string of the molecule is CCCc1cc(-c2nc(C)c(C(=O)N3CCN(c4ccc(F)cc4)CC3)s2)ccn1. The molecule has 0 aliphatic carbocycles. The van der Waals surface area contributed by atoms with E-state index in [0.717, 1.165) is 53.6 Å². The molecule has 1 fully saturated rings. The standard InChI is InChI=1S/C23H25FN4OS/c1-3-4-19-15-17(9-10-25-19)22-26-16(2)21(30-22)23(29)28-13-11-27(12-14-28)20-7-5-18(24)6-8-20/h5-10,15H,3-4,11-14H2,1-2H3. The van der Waals surface area contributed by atoms with Gasteiger partial charge in [0.1, 0.15) is 15.7 Å². The van der Waals surface area contributed by atoms with Crippen molar-refractivity contribution in [1.82, 2.24) is 14.9 Å². The molecule has 3 heterocycles. The number of carbonyl (C=O) groups is 1. The summed E-state index contributed by atoms with van der Waals surface area (Å²) < 4.78 is 13.2. The number of carbonyl (C=O) groups excluding carboxylic acids is 1. The molecule has 1 aromatic carbocycles. The number of hydrogen-bond donors (Lipinski definition) is 0. The van der Waals surface area contributed by atoms with Gasteiger partial charge in [0.25, 0.3) is 5.91 Å². The molecule has 5 nitrogen and oxygen atoms in total. The predicted octanol–water partition coefficient (Wildman–Crippen LogP) is 4.57. The highest BCUT2D eigenvalue weighted by molar-refractivity contribution is 7.17. The number of aromatic nitrogens is 2. The molecule has 30 heavy (non-hydrogen) atoms. The van der Waals surface area contributed by atoms with Crippen LogP contribution in [0, 0.1) is 12.7 Å². The number of amides is 1. The van der Waals surface area contributed by atoms with Crippen LogP contribution in [0.3, 0.4) is 0 Å². The summed E-state index contributed by atoms with van der Waals surface area (Å²) in [5, 5.41) is 0.862. The molecule has 1 aliphatic rings. The largest absolute Gasteiger partial charge is 0.368 e. The second-order valence-electron chi connectivity index (χ2n) is 7.48. The topological polar surface area (TPSA) is 49.3 Å². The summed E-state index contributed by atoms with van der Waals surface area (Å²) in [5.41, 5.74) is 3.82. The Kier molecular flexibility index (Phi) is 6.08. The molecule has 0 saturated carbocycles. The third-order valence-corrected chi connectivity index (χ3v) is 6.51. The number of halogens is 1. The van der Waals surface area contributed by atoms with Crippen molar-refractivity contribution in [2.24, 2.45) is 0 Å². The molecule has 0 radical (unpaired) electrons. The predicted molar refractivity (Wildman–Crippen MR) is 119 cm³/mol. The van der Waals surface area contributed by atoms with E-state index in [1.807, 2.05) is 24.1 Å². The van der Waals surface area contributed by atoms with Crippen LogP contribution >= 0.6 is 11.3 Å². The minimum Gasteiger partial charge on any atom is -0.368 e. The normalized spacial score (nSPS) is 14.2. The van der Waals surface area contributed by atoms with E-state index in [-0.39, 0.29) is 11.7 Å². The highest BCUT2D eigenvalue weighted by atomic mass is 32.1. The van der Waals surface area contributed by atoms with Crippen LogP contribution in [-0.4, -0.2) is 47.0 Å². The molecular weight excluding hydrogens is 399 g/mol. The first-order chi connectivity index (χ1) is 14.5. The Morgan fingerprint density at radius 1 is 1.13 bits per heavy atom. The second-order valence-corrected chi connectivity index (χ2v) is 8.47. The van der Waals surface area contributed by atoms with Crippen LogP contribution in [0.25, 0.3) is 10.6 Å². The van der Waals surface area contributed by atoms with Gasteiger partial charge in [-0.2, -0.15) is 0 Å². The zero-order valence-electron chi connectivity index (χ0n) is 17.3. The monoisotopic (exact) mass is 424 g/mol. The Hall–Kier alpha value is -2.80. The van der Waals surface area contributed by atoms with Crippen molar-refractivity contribution >= 4 is 22.9 Å². The highest BCUT2D eigenvalue weighted by Crippen LogP contribution is 2.29. The molecule has 2 aromatic heterocycles. The maximum Gasteiger partial charge on any atom is 0.265 e. The smallest absolute Gasteiger partial charge is 0.265 e. The van der Waals surface area contributed by atoms with Gasteiger partial charge in [-0.15, -0.1) is 11.3 Å². The van der Waals surface area contributed by atoms with E-state index in [2.05, 4.69) is 27.9 Å². The van der Waals surface area contributed by atoms with Gasteiger partial charge < -0.3 is 9.80 Å². The van der Waals surface area contributed by atoms with Gasteiger partial charge in [0, 0.05) is 49.3 Å². The lowest BCUT2D eigenvalue weighted by Gasteiger charge is -2.36. The first-order valence-corrected chi connectivity index (χ1v) is 11.1. The number of piperazine rings is 1. The minimum atomic E-state index is -0.236. The van der Waals surface area contributed by atoms with Crippen molar-refractivity contribution in [2.75, 3.05) is 31.1 Å². The molecule has 1 aliphatic heterocycles. The van der Waals surface area contributed by atoms with Crippen LogP contribution in [0.5, 0.6) is 0 Å². The Morgan fingerprint density at radius 2 is 1.87 bits per heavy atom. The van der Waals surface area contributed by atoms with Gasteiger partial charge >= 0.3 is 0 Å². The number of thiazole rings is 1. The molecular formula is C23H25FN4OS. The first-order valence-electron chi connectivity index (χ1n) is 10.3. The van der Waals surface area contributed by atoms with E-state index in [0.29, 0.717) is 18.0 Å². The molecule has 0 N–H and O–H groups in total. The van der Waals surface area contributed by atoms with E-state index in [1.165, 1.54) is 23.5 Å². The molecule has 4 rings (SSSR count). The molecule has 7 heteroatoms. The average molecular weight is 425 g/mol. The minimum absolute atomic E-state index is 0.0397. The lowest BCUT2D eigenvalue weighted by atomic mass is 10.2. The molecule has 0 spiro atoms. The zero-order valence-corrected chi connectivity index (χ0v) is 18.1. The van der Waals surface area contributed by atoms with Crippen LogP contribution < -0.4 is 4.90 Å². The van der Waals surface area contributed by atoms with E-state index < -0.39 is 0 Å². The molecule has 1 amide bonds. The van der Waals surface area contributed by atoms with Crippen molar-refractivity contribution in [1.29, 1.82) is 0 Å². The van der Waals surface area contributed by atoms with Crippen LogP contribution in [0.1, 0.15) is 34.4 Å². The van der Waals surface area contributed by atoms with Gasteiger partial charge in [0.2, 0.25) is 0 Å². The Morgan fingerprint density at radius 3 is 2.57 bits per heavy atom. The van der Waals surface area contributed by atoms with Crippen LogP contribution in [-0.2, 0) is 6.42 Å². The van der Waals surface area contributed by atoms with E-state index in [9.17, 15) is 9.18 Å². The number of rotatable bonds is 5. The Balaban J connectivity index is 1.45. The number of anilines is 1. The van der Waals surface area contributed by atoms with Crippen molar-refractivity contribution < 1.29 is 9.18 Å². The molecule has 1 saturated heterocycles. The number of nitrogens with zero attached hydrogens (tertiary/aromatic N) is 4. The van der Waals surface area contributed by atoms with Gasteiger partial charge in [-0.1, -0.05) is 13.3 Å². The number of hydrogen-bond acceptors (Lipinski definition) is 5. The highest BCUT2D eigenvalue weighted by Gasteiger charge is 2.26. The van der Waals surface area contributed by atoms with Crippen molar-refractivity contribution in [3.05, 3.63) is 64.7 Å². The summed E-state index contributed by atoms with van der Waals surface area (Å²) in [6.07, 6.45) is 3.79. The fraction of sp³-hybridized carbons (Fsp3) is 0.348. The quantitative estimate of drug-likeness (QED) is 0.602. The van der Waals surface area contributed by atoms with Gasteiger partial charge in [-0.25, -0.2) is 9.37 Å². The Labute approximate surface area is 180 Å². The van der Waals surface area contributed by atoms with Crippen LogP contribution in [0.4, 0.5) is 10.1 Å². The van der Waals surface area contributed by atoms with E-state index in [1.54, 1.807) is 12.1 Å². The summed E-state index contributed by atoms with van der Waals surface area (Å²) >= 11 is 1.45. The number of pyridine rings is 1. The van der Waals surface area contributed by atoms with E-state index in [4.69, 9.17) is 0 Å². The zero-order chi connectivity index (χ0) is 21.1. The maximum atomic E-state index is 13.2. The summed E-state index contributed by atoms with van der Waals surface area (Å²) in [6, 6.07) is 10.5. The third kappa shape index (κ3) is 4.36. The Bertz CT molecular complexity index is 1030. The van der Waals surface area contributed by atoms with Crippen molar-refractivity contribution in [3.8, 4) is 10.6 Å². The van der Waals surface area contributed by atoms with Gasteiger partial charge in [-0.3, -0.25) is 9.78 Å². The lowest BCUT2D eigenvalue weighted by molar-refractivity contribution is 0.0750. The fourth-order valence-electron chi connectivity index (χ4n) is 3.69. The average Bonchev–Trinajstić information content (AvgIpc) is 3.16. The molecule has 0 bridgehead atoms. The fourth-order valence-corrected chi connectivity index (χ4v) is 4.72. The van der Waals surface area contributed by atoms with Crippen molar-refractivity contribution in [3.63, 3.8) is 0 Å². The van der Waals surface area contributed by atoms with Crippen molar-refractivity contribution in [2.45, 2.75) is 26.7 Å². The number of benzene rings is 1. The van der Waals surface area contributed by atoms with Gasteiger partial charge in [-0.05, 0) is 49.7 Å². The summed E-state index contributed by atoms with van der Waals surface area (Å²) in [7, 11) is 0. The summed E-state index contributed by atoms with van der Waals surface area (Å²) in [4.78, 5) is 27.0.